The highest BCUT2D eigenvalue weighted by Gasteiger charge is 2.50. The molecule has 53 heavy (non-hydrogen) atoms. The fourth-order valence-electron chi connectivity index (χ4n) is 9.08. The summed E-state index contributed by atoms with van der Waals surface area (Å²) in [5.41, 5.74) is 4.19. The molecule has 1 fully saturated rings. The Kier molecular flexibility index (Phi) is 18.3. The van der Waals surface area contributed by atoms with Crippen LogP contribution in [-0.2, 0) is 29.7 Å². The van der Waals surface area contributed by atoms with Gasteiger partial charge >= 0.3 is 0 Å². The molecule has 0 N–H and O–H groups in total. The highest BCUT2D eigenvalue weighted by Crippen LogP contribution is 2.47. The number of rotatable bonds is 20. The van der Waals surface area contributed by atoms with Gasteiger partial charge in [0.1, 0.15) is 0 Å². The first-order chi connectivity index (χ1) is 24.3. The first kappa shape index (κ1) is 48.3. The minimum atomic E-state index is -2.12. The van der Waals surface area contributed by atoms with Crippen molar-refractivity contribution in [2.24, 2.45) is 29.6 Å². The predicted octanol–water partition coefficient (Wildman–Crippen LogP) is 13.6. The maximum absolute atomic E-state index is 7.73. The average molecular weight is 775 g/mol. The summed E-state index contributed by atoms with van der Waals surface area (Å²) in [6, 6.07) is 10.4. The van der Waals surface area contributed by atoms with Crippen molar-refractivity contribution >= 4 is 16.6 Å². The lowest BCUT2D eigenvalue weighted by molar-refractivity contribution is -0.332. The molecule has 0 radical (unpaired) electrons. The summed E-state index contributed by atoms with van der Waals surface area (Å²) in [6.07, 6.45) is 4.81. The molecule has 0 unspecified atom stereocenters. The zero-order valence-electron chi connectivity index (χ0n) is 38.3. The van der Waals surface area contributed by atoms with Gasteiger partial charge in [0, 0.05) is 11.8 Å². The van der Waals surface area contributed by atoms with Gasteiger partial charge < -0.3 is 23.1 Å². The van der Waals surface area contributed by atoms with Crippen LogP contribution in [0, 0.1) is 29.6 Å². The monoisotopic (exact) mass is 775 g/mol. The van der Waals surface area contributed by atoms with Gasteiger partial charge in [0.2, 0.25) is 8.32 Å². The Bertz CT molecular complexity index is 1210. The molecule has 1 aliphatic rings. The van der Waals surface area contributed by atoms with E-state index < -0.39 is 22.4 Å². The summed E-state index contributed by atoms with van der Waals surface area (Å²) >= 11 is 0. The molecule has 9 atom stereocenters. The second-order valence-electron chi connectivity index (χ2n) is 20.0. The SMILES string of the molecule is CC[C@@H](C)[C@@H](O[Si](C(C)C)(C(C)C)C(C)C)[C@H](C)[C@@H](O[Si](C)(C)C(C)(C)C)[C@H](C)/C=C(\C)C[C@H](C)[C@@H]1OC(C)(C)O[C@@H](COCc2ccccc2)[C@H]1C. The summed E-state index contributed by atoms with van der Waals surface area (Å²) in [6.45, 7) is 48.1. The standard InChI is InChI=1S/C46H86O5Si2/c1-21-35(9)43(51-53(31(2)3,32(4)5)33(6)7)39(13)44(50-52(19,20)45(14,15)16)37(11)28-34(8)27-36(10)42-38(12)41(48-46(17,18)49-42)30-47-29-40-25-23-22-24-26-40/h22-26,28,31-33,35-39,41-44H,21,27,29-30H2,1-20H3/b34-28+/t35-,36+,37-,38-,39+,41+,42+,43-,44+/m1/s1. The van der Waals surface area contributed by atoms with Crippen molar-refractivity contribution in [3.8, 4) is 0 Å². The molecule has 1 aromatic rings. The van der Waals surface area contributed by atoms with E-state index in [-0.39, 0.29) is 47.2 Å². The molecule has 0 saturated carbocycles. The number of allylic oxidation sites excluding steroid dienone is 1. The fourth-order valence-corrected chi connectivity index (χ4v) is 16.3. The molecule has 1 aliphatic heterocycles. The second-order valence-corrected chi connectivity index (χ2v) is 30.2. The van der Waals surface area contributed by atoms with Gasteiger partial charge in [0.15, 0.2) is 14.1 Å². The Morgan fingerprint density at radius 3 is 1.89 bits per heavy atom. The van der Waals surface area contributed by atoms with E-state index in [1.54, 1.807) is 0 Å². The number of hydrogen-bond donors (Lipinski definition) is 0. The predicted molar refractivity (Wildman–Crippen MR) is 232 cm³/mol. The first-order valence-electron chi connectivity index (χ1n) is 21.3. The smallest absolute Gasteiger partial charge is 0.200 e. The molecule has 1 saturated heterocycles. The van der Waals surface area contributed by atoms with E-state index in [9.17, 15) is 0 Å². The first-order valence-corrected chi connectivity index (χ1v) is 26.4. The Labute approximate surface area is 331 Å². The summed E-state index contributed by atoms with van der Waals surface area (Å²) in [7, 11) is -4.23. The van der Waals surface area contributed by atoms with Gasteiger partial charge in [-0.25, -0.2) is 0 Å². The topological polar surface area (TPSA) is 46.2 Å². The van der Waals surface area contributed by atoms with E-state index in [0.29, 0.717) is 41.7 Å². The van der Waals surface area contributed by atoms with Crippen molar-refractivity contribution < 1.29 is 23.1 Å². The van der Waals surface area contributed by atoms with Crippen LogP contribution in [-0.4, -0.2) is 53.4 Å². The minimum absolute atomic E-state index is 0.0305. The minimum Gasteiger partial charge on any atom is -0.413 e. The van der Waals surface area contributed by atoms with E-state index in [4.69, 9.17) is 23.1 Å². The molecule has 0 spiro atoms. The van der Waals surface area contributed by atoms with Crippen LogP contribution in [0.4, 0.5) is 0 Å². The fraction of sp³-hybridized carbons (Fsp3) is 0.826. The number of hydrogen-bond acceptors (Lipinski definition) is 5. The largest absolute Gasteiger partial charge is 0.413 e. The van der Waals surface area contributed by atoms with E-state index in [2.05, 4.69) is 154 Å². The van der Waals surface area contributed by atoms with E-state index in [1.165, 1.54) is 11.1 Å². The summed E-state index contributed by atoms with van der Waals surface area (Å²) in [5.74, 6) is 0.773. The molecule has 1 heterocycles. The molecule has 7 heteroatoms. The number of benzene rings is 1. The van der Waals surface area contributed by atoms with Crippen LogP contribution in [0.15, 0.2) is 42.0 Å². The maximum Gasteiger partial charge on any atom is 0.200 e. The van der Waals surface area contributed by atoms with Crippen molar-refractivity contribution in [2.75, 3.05) is 6.61 Å². The van der Waals surface area contributed by atoms with Crippen LogP contribution in [0.1, 0.15) is 143 Å². The lowest BCUT2D eigenvalue weighted by Crippen LogP contribution is -2.55. The second kappa shape index (κ2) is 20.1. The molecular weight excluding hydrogens is 689 g/mol. The third-order valence-corrected chi connectivity index (χ3v) is 23.7. The zero-order valence-corrected chi connectivity index (χ0v) is 40.3. The van der Waals surface area contributed by atoms with Gasteiger partial charge in [-0.05, 0) is 85.3 Å². The Balaban J connectivity index is 2.41. The van der Waals surface area contributed by atoms with Crippen molar-refractivity contribution in [3.63, 3.8) is 0 Å². The van der Waals surface area contributed by atoms with E-state index in [0.717, 1.165) is 12.8 Å². The van der Waals surface area contributed by atoms with Crippen molar-refractivity contribution in [1.29, 1.82) is 0 Å². The average Bonchev–Trinajstić information content (AvgIpc) is 3.04. The van der Waals surface area contributed by atoms with Crippen LogP contribution < -0.4 is 0 Å². The summed E-state index contributed by atoms with van der Waals surface area (Å²) in [5, 5.41) is 0.113. The molecule has 0 aliphatic carbocycles. The van der Waals surface area contributed by atoms with Gasteiger partial charge in [0.05, 0.1) is 37.6 Å². The van der Waals surface area contributed by atoms with Crippen molar-refractivity contribution in [2.45, 2.75) is 209 Å². The molecule has 2 rings (SSSR count). The molecule has 5 nitrogen and oxygen atoms in total. The van der Waals surface area contributed by atoms with Gasteiger partial charge in [-0.3, -0.25) is 0 Å². The number of ether oxygens (including phenoxy) is 3. The van der Waals surface area contributed by atoms with Gasteiger partial charge in [-0.15, -0.1) is 0 Å². The molecule has 0 aromatic heterocycles. The Hall–Kier alpha value is -0.806. The lowest BCUT2D eigenvalue weighted by atomic mass is 9.81. The zero-order chi connectivity index (χ0) is 40.7. The van der Waals surface area contributed by atoms with Crippen LogP contribution in [0.2, 0.25) is 34.8 Å². The normalized spacial score (nSPS) is 24.0. The van der Waals surface area contributed by atoms with E-state index in [1.807, 2.05) is 19.9 Å². The Morgan fingerprint density at radius 1 is 0.849 bits per heavy atom. The third kappa shape index (κ3) is 12.8. The molecule has 308 valence electrons. The van der Waals surface area contributed by atoms with Gasteiger partial charge in [-0.1, -0.05) is 152 Å². The van der Waals surface area contributed by atoms with Crippen molar-refractivity contribution in [1.82, 2.24) is 0 Å². The molecule has 0 bridgehead atoms. The molecular formula is C46H86O5Si2. The maximum atomic E-state index is 7.73. The third-order valence-electron chi connectivity index (χ3n) is 13.1. The van der Waals surface area contributed by atoms with Crippen molar-refractivity contribution in [3.05, 3.63) is 47.5 Å². The van der Waals surface area contributed by atoms with Gasteiger partial charge in [0.25, 0.3) is 0 Å². The quantitative estimate of drug-likeness (QED) is 0.0975. The lowest BCUT2D eigenvalue weighted by Gasteiger charge is -2.50. The van der Waals surface area contributed by atoms with Crippen LogP contribution >= 0.6 is 0 Å². The molecule has 1 aromatic carbocycles. The van der Waals surface area contributed by atoms with Crippen LogP contribution in [0.5, 0.6) is 0 Å². The molecule has 0 amide bonds. The summed E-state index contributed by atoms with van der Waals surface area (Å²) in [4.78, 5) is 0. The van der Waals surface area contributed by atoms with E-state index >= 15 is 0 Å². The highest BCUT2D eigenvalue weighted by molar-refractivity contribution is 6.77. The van der Waals surface area contributed by atoms with Crippen LogP contribution in [0.25, 0.3) is 0 Å². The van der Waals surface area contributed by atoms with Gasteiger partial charge in [-0.2, -0.15) is 0 Å². The highest BCUT2D eigenvalue weighted by atomic mass is 28.4. The van der Waals surface area contributed by atoms with Crippen LogP contribution in [0.3, 0.4) is 0 Å². The Morgan fingerprint density at radius 2 is 1.40 bits per heavy atom. The summed E-state index contributed by atoms with van der Waals surface area (Å²) < 4.78 is 34.6.